The van der Waals surface area contributed by atoms with Crippen molar-refractivity contribution in [2.45, 2.75) is 32.4 Å². The van der Waals surface area contributed by atoms with Crippen LogP contribution in [-0.4, -0.2) is 22.8 Å². The van der Waals surface area contributed by atoms with E-state index in [-0.39, 0.29) is 6.10 Å². The molecule has 1 aliphatic rings. The normalized spacial score (nSPS) is 17.5. The van der Waals surface area contributed by atoms with Gasteiger partial charge >= 0.3 is 0 Å². The Hall–Kier alpha value is -2.33. The first-order chi connectivity index (χ1) is 11.8. The number of para-hydroxylation sites is 2. The van der Waals surface area contributed by atoms with Gasteiger partial charge < -0.3 is 14.0 Å². The van der Waals surface area contributed by atoms with E-state index in [1.165, 1.54) is 5.56 Å². The molecule has 0 aliphatic carbocycles. The van der Waals surface area contributed by atoms with E-state index in [0.717, 1.165) is 48.6 Å². The number of hydrogen-bond acceptors (Lipinski definition) is 3. The first-order valence-corrected chi connectivity index (χ1v) is 8.57. The van der Waals surface area contributed by atoms with E-state index in [1.54, 1.807) is 0 Å². The molecule has 4 rings (SSSR count). The van der Waals surface area contributed by atoms with Crippen molar-refractivity contribution in [2.24, 2.45) is 0 Å². The van der Waals surface area contributed by atoms with Gasteiger partial charge in [0.25, 0.3) is 0 Å². The highest BCUT2D eigenvalue weighted by Gasteiger charge is 2.24. The molecule has 1 fully saturated rings. The van der Waals surface area contributed by atoms with E-state index in [1.807, 2.05) is 18.2 Å². The van der Waals surface area contributed by atoms with Crippen LogP contribution in [0.15, 0.2) is 48.5 Å². The molecule has 1 saturated heterocycles. The van der Waals surface area contributed by atoms with Crippen LogP contribution in [0.4, 0.5) is 0 Å². The fourth-order valence-corrected chi connectivity index (χ4v) is 3.25. The summed E-state index contributed by atoms with van der Waals surface area (Å²) < 4.78 is 14.0. The number of imidazole rings is 1. The number of rotatable bonds is 5. The Morgan fingerprint density at radius 1 is 1.17 bits per heavy atom. The van der Waals surface area contributed by atoms with Gasteiger partial charge in [-0.2, -0.15) is 0 Å². The second kappa shape index (κ2) is 6.65. The summed E-state index contributed by atoms with van der Waals surface area (Å²) in [5, 5.41) is 0. The topological polar surface area (TPSA) is 36.3 Å². The van der Waals surface area contributed by atoms with Crippen LogP contribution in [0.2, 0.25) is 0 Å². The van der Waals surface area contributed by atoms with Crippen LogP contribution in [0.1, 0.15) is 30.3 Å². The lowest BCUT2D eigenvalue weighted by atomic mass is 10.2. The molecule has 0 spiro atoms. The molecule has 2 aromatic carbocycles. The highest BCUT2D eigenvalue weighted by molar-refractivity contribution is 5.76. The Morgan fingerprint density at radius 3 is 2.79 bits per heavy atom. The van der Waals surface area contributed by atoms with E-state index >= 15 is 0 Å². The number of nitrogens with zero attached hydrogens (tertiary/aromatic N) is 2. The summed E-state index contributed by atoms with van der Waals surface area (Å²) in [7, 11) is 0. The van der Waals surface area contributed by atoms with Crippen LogP contribution in [0, 0.1) is 6.92 Å². The minimum Gasteiger partial charge on any atom is -0.492 e. The van der Waals surface area contributed by atoms with Gasteiger partial charge in [-0.3, -0.25) is 0 Å². The fraction of sp³-hybridized carbons (Fsp3) is 0.350. The van der Waals surface area contributed by atoms with Gasteiger partial charge in [-0.1, -0.05) is 29.8 Å². The van der Waals surface area contributed by atoms with Crippen molar-refractivity contribution in [1.29, 1.82) is 0 Å². The Morgan fingerprint density at radius 2 is 2.00 bits per heavy atom. The molecule has 0 unspecified atom stereocenters. The number of aromatic nitrogens is 2. The second-order valence-electron chi connectivity index (χ2n) is 6.27. The first kappa shape index (κ1) is 15.2. The zero-order chi connectivity index (χ0) is 16.4. The highest BCUT2D eigenvalue weighted by atomic mass is 16.5. The van der Waals surface area contributed by atoms with Gasteiger partial charge in [0.05, 0.1) is 17.6 Å². The summed E-state index contributed by atoms with van der Waals surface area (Å²) in [6.45, 7) is 4.29. The number of hydrogen-bond donors (Lipinski definition) is 0. The molecular formula is C20H22N2O2. The molecule has 0 amide bonds. The largest absolute Gasteiger partial charge is 0.492 e. The average molecular weight is 322 g/mol. The van der Waals surface area contributed by atoms with Crippen molar-refractivity contribution in [2.75, 3.05) is 13.2 Å². The molecule has 0 saturated carbocycles. The smallest absolute Gasteiger partial charge is 0.139 e. The third-order valence-electron chi connectivity index (χ3n) is 4.51. The summed E-state index contributed by atoms with van der Waals surface area (Å²) in [6, 6.07) is 16.4. The zero-order valence-electron chi connectivity index (χ0n) is 13.9. The quantitative estimate of drug-likeness (QED) is 0.703. The molecule has 4 nitrogen and oxygen atoms in total. The van der Waals surface area contributed by atoms with Gasteiger partial charge in [0, 0.05) is 6.61 Å². The molecule has 2 heterocycles. The lowest BCUT2D eigenvalue weighted by Crippen LogP contribution is -2.13. The third-order valence-corrected chi connectivity index (χ3v) is 4.51. The molecule has 3 aromatic rings. The summed E-state index contributed by atoms with van der Waals surface area (Å²) >= 11 is 0. The SMILES string of the molecule is Cc1ccc(OCCn2c([C@H]3CCCO3)nc3ccccc32)cc1. The predicted molar refractivity (Wildman–Crippen MR) is 94.3 cm³/mol. The van der Waals surface area contributed by atoms with Gasteiger partial charge in [-0.05, 0) is 44.0 Å². The first-order valence-electron chi connectivity index (χ1n) is 8.57. The third kappa shape index (κ3) is 3.02. The molecule has 0 bridgehead atoms. The maximum absolute atomic E-state index is 5.91. The van der Waals surface area contributed by atoms with Crippen LogP contribution in [-0.2, 0) is 11.3 Å². The molecule has 0 radical (unpaired) electrons. The monoisotopic (exact) mass is 322 g/mol. The van der Waals surface area contributed by atoms with E-state index in [9.17, 15) is 0 Å². The number of benzene rings is 2. The maximum Gasteiger partial charge on any atom is 0.139 e. The van der Waals surface area contributed by atoms with E-state index < -0.39 is 0 Å². The van der Waals surface area contributed by atoms with Crippen molar-refractivity contribution in [1.82, 2.24) is 9.55 Å². The Labute approximate surface area is 142 Å². The van der Waals surface area contributed by atoms with Gasteiger partial charge in [-0.25, -0.2) is 4.98 Å². The molecule has 24 heavy (non-hydrogen) atoms. The number of fused-ring (bicyclic) bond motifs is 1. The zero-order valence-corrected chi connectivity index (χ0v) is 13.9. The van der Waals surface area contributed by atoms with E-state index in [4.69, 9.17) is 14.5 Å². The minimum atomic E-state index is 0.108. The van der Waals surface area contributed by atoms with E-state index in [0.29, 0.717) is 6.61 Å². The van der Waals surface area contributed by atoms with Crippen molar-refractivity contribution in [3.8, 4) is 5.75 Å². The van der Waals surface area contributed by atoms with Crippen LogP contribution < -0.4 is 4.74 Å². The average Bonchev–Trinajstić information content (AvgIpc) is 3.24. The second-order valence-corrected chi connectivity index (χ2v) is 6.27. The Balaban J connectivity index is 1.55. The van der Waals surface area contributed by atoms with Gasteiger partial charge in [0.2, 0.25) is 0 Å². The molecule has 124 valence electrons. The standard InChI is InChI=1S/C20H22N2O2/c1-15-8-10-16(11-9-15)23-14-12-22-18-6-3-2-5-17(18)21-20(22)19-7-4-13-24-19/h2-3,5-6,8-11,19H,4,7,12-14H2,1H3/t19-/m1/s1. The maximum atomic E-state index is 5.91. The molecular weight excluding hydrogens is 300 g/mol. The highest BCUT2D eigenvalue weighted by Crippen LogP contribution is 2.30. The van der Waals surface area contributed by atoms with Crippen LogP contribution >= 0.6 is 0 Å². The molecule has 0 N–H and O–H groups in total. The van der Waals surface area contributed by atoms with Crippen molar-refractivity contribution in [3.05, 3.63) is 59.9 Å². The van der Waals surface area contributed by atoms with E-state index in [2.05, 4.69) is 41.8 Å². The van der Waals surface area contributed by atoms with Crippen LogP contribution in [0.3, 0.4) is 0 Å². The minimum absolute atomic E-state index is 0.108. The van der Waals surface area contributed by atoms with Gasteiger partial charge in [0.15, 0.2) is 0 Å². The molecule has 4 heteroatoms. The summed E-state index contributed by atoms with van der Waals surface area (Å²) in [5.41, 5.74) is 3.41. The molecule has 1 aromatic heterocycles. The Bertz CT molecular complexity index is 817. The van der Waals surface area contributed by atoms with Crippen LogP contribution in [0.5, 0.6) is 5.75 Å². The summed E-state index contributed by atoms with van der Waals surface area (Å²) in [6.07, 6.45) is 2.26. The number of ether oxygens (including phenoxy) is 2. The lowest BCUT2D eigenvalue weighted by Gasteiger charge is -2.14. The van der Waals surface area contributed by atoms with Crippen molar-refractivity contribution < 1.29 is 9.47 Å². The summed E-state index contributed by atoms with van der Waals surface area (Å²) in [5.74, 6) is 1.94. The lowest BCUT2D eigenvalue weighted by molar-refractivity contribution is 0.101. The predicted octanol–water partition coefficient (Wildman–Crippen LogP) is 4.28. The Kier molecular flexibility index (Phi) is 4.22. The number of aryl methyl sites for hydroxylation is 1. The van der Waals surface area contributed by atoms with Crippen molar-refractivity contribution in [3.63, 3.8) is 0 Å². The summed E-state index contributed by atoms with van der Waals surface area (Å²) in [4.78, 5) is 4.81. The molecule has 1 atom stereocenters. The van der Waals surface area contributed by atoms with Crippen molar-refractivity contribution >= 4 is 11.0 Å². The van der Waals surface area contributed by atoms with Crippen LogP contribution in [0.25, 0.3) is 11.0 Å². The van der Waals surface area contributed by atoms with Gasteiger partial charge in [0.1, 0.15) is 24.3 Å². The fourth-order valence-electron chi connectivity index (χ4n) is 3.25. The molecule has 1 aliphatic heterocycles. The van der Waals surface area contributed by atoms with Gasteiger partial charge in [-0.15, -0.1) is 0 Å².